The molecule has 0 radical (unpaired) electrons. The predicted octanol–water partition coefficient (Wildman–Crippen LogP) is 2.74. The Balaban J connectivity index is 1.30. The Bertz CT molecular complexity index is 1340. The molecular weight excluding hydrogens is 440 g/mol. The van der Waals surface area contributed by atoms with Crippen molar-refractivity contribution in [1.82, 2.24) is 19.5 Å². The Labute approximate surface area is 192 Å². The van der Waals surface area contributed by atoms with Crippen molar-refractivity contribution in [2.75, 3.05) is 5.32 Å². The van der Waals surface area contributed by atoms with Gasteiger partial charge in [-0.05, 0) is 56.2 Å². The number of aryl methyl sites for hydroxylation is 1. The van der Waals surface area contributed by atoms with Crippen LogP contribution in [0.2, 0.25) is 0 Å². The lowest BCUT2D eigenvalue weighted by atomic mass is 10.2. The molecule has 0 spiro atoms. The van der Waals surface area contributed by atoms with Gasteiger partial charge >= 0.3 is 0 Å². The van der Waals surface area contributed by atoms with Crippen LogP contribution in [-0.4, -0.2) is 41.0 Å². The first-order valence-electron chi connectivity index (χ1n) is 11.0. The molecule has 1 aromatic heterocycles. The van der Waals surface area contributed by atoms with Crippen molar-refractivity contribution in [2.45, 2.75) is 50.1 Å². The maximum atomic E-state index is 12.7. The van der Waals surface area contributed by atoms with E-state index >= 15 is 0 Å². The maximum Gasteiger partial charge on any atom is 0.263 e. The number of aliphatic imine (C=N–C) groups is 1. The molecule has 2 aliphatic rings. The fourth-order valence-electron chi connectivity index (χ4n) is 4.13. The fourth-order valence-corrected chi connectivity index (χ4v) is 5.37. The molecule has 3 heterocycles. The minimum Gasteiger partial charge on any atom is -0.324 e. The second-order valence-electron chi connectivity index (χ2n) is 8.22. The van der Waals surface area contributed by atoms with Gasteiger partial charge < -0.3 is 9.88 Å². The molecule has 33 heavy (non-hydrogen) atoms. The van der Waals surface area contributed by atoms with Crippen LogP contribution < -0.4 is 10.0 Å². The smallest absolute Gasteiger partial charge is 0.263 e. The van der Waals surface area contributed by atoms with Gasteiger partial charge in [0.1, 0.15) is 17.7 Å². The van der Waals surface area contributed by atoms with Crippen LogP contribution >= 0.6 is 0 Å². The number of aromatic nitrogens is 3. The lowest BCUT2D eigenvalue weighted by Gasteiger charge is -2.11. The van der Waals surface area contributed by atoms with Crippen LogP contribution in [0.3, 0.4) is 0 Å². The van der Waals surface area contributed by atoms with Crippen molar-refractivity contribution in [1.29, 1.82) is 0 Å². The standard InChI is InChI=1S/C23H24N6O3S/c1-15(24-21-18-7-4-5-8-19(18)33(31,32)28-21)23(30)25-17-12-10-16(11-13-17)22-27-26-20-9-3-2-6-14-29(20)22/h4-5,7-8,10-13,15H,2-3,6,9,14H2,1H3,(H,24,28)(H,25,30)/t15-/m0/s1. The number of fused-ring (bicyclic) bond motifs is 2. The number of rotatable bonds is 4. The number of nitrogens with zero attached hydrogens (tertiary/aromatic N) is 4. The number of amidine groups is 1. The van der Waals surface area contributed by atoms with E-state index in [2.05, 4.69) is 29.8 Å². The van der Waals surface area contributed by atoms with Crippen LogP contribution in [-0.2, 0) is 27.8 Å². The monoisotopic (exact) mass is 464 g/mol. The van der Waals surface area contributed by atoms with E-state index in [4.69, 9.17) is 0 Å². The number of amides is 1. The normalized spacial score (nSPS) is 18.6. The van der Waals surface area contributed by atoms with Gasteiger partial charge in [0.25, 0.3) is 10.0 Å². The molecule has 0 bridgehead atoms. The third-order valence-corrected chi connectivity index (χ3v) is 7.28. The highest BCUT2D eigenvalue weighted by Gasteiger charge is 2.31. The van der Waals surface area contributed by atoms with Gasteiger partial charge in [-0.15, -0.1) is 10.2 Å². The van der Waals surface area contributed by atoms with Crippen LogP contribution in [0, 0.1) is 0 Å². The highest BCUT2D eigenvalue weighted by Crippen LogP contribution is 2.25. The first-order valence-corrected chi connectivity index (χ1v) is 12.4. The van der Waals surface area contributed by atoms with Crippen molar-refractivity contribution >= 4 is 27.5 Å². The van der Waals surface area contributed by atoms with E-state index in [1.165, 1.54) is 12.5 Å². The zero-order valence-corrected chi connectivity index (χ0v) is 19.0. The summed E-state index contributed by atoms with van der Waals surface area (Å²) in [7, 11) is -3.65. The molecule has 0 fully saturated rings. The van der Waals surface area contributed by atoms with Gasteiger partial charge in [0.15, 0.2) is 5.82 Å². The van der Waals surface area contributed by atoms with E-state index in [9.17, 15) is 13.2 Å². The molecule has 1 amide bonds. The van der Waals surface area contributed by atoms with Crippen molar-refractivity contribution in [3.8, 4) is 11.4 Å². The molecule has 0 saturated heterocycles. The number of sulfonamides is 1. The molecule has 0 saturated carbocycles. The number of anilines is 1. The lowest BCUT2D eigenvalue weighted by molar-refractivity contribution is -0.117. The highest BCUT2D eigenvalue weighted by molar-refractivity contribution is 7.90. The zero-order chi connectivity index (χ0) is 23.0. The van der Waals surface area contributed by atoms with E-state index in [0.717, 1.165) is 43.0 Å². The molecule has 9 nitrogen and oxygen atoms in total. The van der Waals surface area contributed by atoms with E-state index in [1.807, 2.05) is 24.3 Å². The van der Waals surface area contributed by atoms with Crippen molar-refractivity contribution < 1.29 is 13.2 Å². The Morgan fingerprint density at radius 1 is 1.09 bits per heavy atom. The lowest BCUT2D eigenvalue weighted by Crippen LogP contribution is -2.28. The predicted molar refractivity (Wildman–Crippen MR) is 124 cm³/mol. The maximum absolute atomic E-state index is 12.7. The summed E-state index contributed by atoms with van der Waals surface area (Å²) in [6, 6.07) is 13.2. The zero-order valence-electron chi connectivity index (χ0n) is 18.2. The Morgan fingerprint density at radius 2 is 1.88 bits per heavy atom. The Hall–Kier alpha value is -3.53. The summed E-state index contributed by atoms with van der Waals surface area (Å²) in [5.41, 5.74) is 2.03. The molecule has 2 aromatic carbocycles. The fraction of sp³-hybridized carbons (Fsp3) is 0.304. The van der Waals surface area contributed by atoms with E-state index in [0.29, 0.717) is 11.3 Å². The molecule has 2 aliphatic heterocycles. The molecule has 0 unspecified atom stereocenters. The van der Waals surface area contributed by atoms with Crippen LogP contribution in [0.15, 0.2) is 58.4 Å². The summed E-state index contributed by atoms with van der Waals surface area (Å²) in [4.78, 5) is 17.2. The van der Waals surface area contributed by atoms with Crippen LogP contribution in [0.1, 0.15) is 37.6 Å². The number of nitrogens with one attached hydrogen (secondary N) is 2. The molecule has 0 aliphatic carbocycles. The topological polar surface area (TPSA) is 118 Å². The number of hydrogen-bond donors (Lipinski definition) is 2. The van der Waals surface area contributed by atoms with Gasteiger partial charge in [0, 0.05) is 29.8 Å². The van der Waals surface area contributed by atoms with Gasteiger partial charge in [-0.1, -0.05) is 18.6 Å². The van der Waals surface area contributed by atoms with E-state index in [1.54, 1.807) is 25.1 Å². The summed E-state index contributed by atoms with van der Waals surface area (Å²) in [6.45, 7) is 2.54. The molecule has 5 rings (SSSR count). The van der Waals surface area contributed by atoms with Gasteiger partial charge in [-0.25, -0.2) is 8.42 Å². The van der Waals surface area contributed by atoms with Crippen molar-refractivity contribution in [2.24, 2.45) is 4.99 Å². The van der Waals surface area contributed by atoms with Crippen molar-refractivity contribution in [3.05, 3.63) is 59.9 Å². The largest absolute Gasteiger partial charge is 0.324 e. The molecular formula is C23H24N6O3S. The average molecular weight is 465 g/mol. The summed E-state index contributed by atoms with van der Waals surface area (Å²) in [5, 5.41) is 11.5. The first-order chi connectivity index (χ1) is 15.9. The Kier molecular flexibility index (Phi) is 5.45. The van der Waals surface area contributed by atoms with Crippen LogP contribution in [0.25, 0.3) is 11.4 Å². The van der Waals surface area contributed by atoms with Crippen molar-refractivity contribution in [3.63, 3.8) is 0 Å². The van der Waals surface area contributed by atoms with Gasteiger partial charge in [-0.3, -0.25) is 14.5 Å². The minimum absolute atomic E-state index is 0.165. The summed E-state index contributed by atoms with van der Waals surface area (Å²) < 4.78 is 29.1. The molecule has 1 atom stereocenters. The second kappa shape index (κ2) is 8.43. The number of carbonyl (C=O) groups excluding carboxylic acids is 1. The van der Waals surface area contributed by atoms with Crippen LogP contribution in [0.4, 0.5) is 5.69 Å². The van der Waals surface area contributed by atoms with E-state index < -0.39 is 16.1 Å². The SMILES string of the molecule is C[C@H](N=C1NS(=O)(=O)c2ccccc21)C(=O)Nc1ccc(-c2nnc3n2CCCCC3)cc1. The molecule has 170 valence electrons. The van der Waals surface area contributed by atoms with E-state index in [-0.39, 0.29) is 16.6 Å². The van der Waals surface area contributed by atoms with Gasteiger partial charge in [-0.2, -0.15) is 0 Å². The third-order valence-electron chi connectivity index (χ3n) is 5.89. The average Bonchev–Trinajstić information content (AvgIpc) is 3.21. The van der Waals surface area contributed by atoms with Gasteiger partial charge in [0.05, 0.1) is 4.90 Å². The third kappa shape index (κ3) is 4.13. The quantitative estimate of drug-likeness (QED) is 0.616. The summed E-state index contributed by atoms with van der Waals surface area (Å²) >= 11 is 0. The summed E-state index contributed by atoms with van der Waals surface area (Å²) in [6.07, 6.45) is 4.40. The van der Waals surface area contributed by atoms with Gasteiger partial charge in [0.2, 0.25) is 5.91 Å². The number of benzene rings is 2. The summed E-state index contributed by atoms with van der Waals surface area (Å²) in [5.74, 6) is 1.71. The van der Waals surface area contributed by atoms with Crippen LogP contribution in [0.5, 0.6) is 0 Å². The molecule has 3 aromatic rings. The minimum atomic E-state index is -3.65. The second-order valence-corrected chi connectivity index (χ2v) is 9.87. The molecule has 10 heteroatoms. The first kappa shape index (κ1) is 21.3. The molecule has 2 N–H and O–H groups in total. The number of carbonyl (C=O) groups is 1. The Morgan fingerprint density at radius 3 is 2.70 bits per heavy atom. The highest BCUT2D eigenvalue weighted by atomic mass is 32.2. The number of hydrogen-bond acceptors (Lipinski definition) is 6.